The van der Waals surface area contributed by atoms with Crippen LogP contribution < -0.4 is 11.3 Å². The van der Waals surface area contributed by atoms with Crippen LogP contribution in [0.3, 0.4) is 0 Å². The van der Waals surface area contributed by atoms with E-state index in [1.165, 1.54) is 9.58 Å². The van der Waals surface area contributed by atoms with Gasteiger partial charge in [-0.1, -0.05) is 0 Å². The number of hydrogen-bond acceptors (Lipinski definition) is 6. The fourth-order valence-electron chi connectivity index (χ4n) is 1.52. The monoisotopic (exact) mass is 261 g/mol. The van der Waals surface area contributed by atoms with E-state index >= 15 is 0 Å². The number of nitrogens with zero attached hydrogens (tertiary/aromatic N) is 5. The summed E-state index contributed by atoms with van der Waals surface area (Å²) in [5, 5.41) is 4.20. The Kier molecular flexibility index (Phi) is 3.43. The molecule has 0 aliphatic rings. The SMILES string of the molecule is Cc1cnc(NN)nc1-n1ccc(C(=O)N(C)C)n1. The number of carbonyl (C=O) groups is 1. The molecule has 0 unspecified atom stereocenters. The van der Waals surface area contributed by atoms with Crippen molar-refractivity contribution in [2.24, 2.45) is 5.84 Å². The summed E-state index contributed by atoms with van der Waals surface area (Å²) in [4.78, 5) is 21.4. The molecule has 19 heavy (non-hydrogen) atoms. The van der Waals surface area contributed by atoms with E-state index in [4.69, 9.17) is 5.84 Å². The number of nitrogens with two attached hydrogens (primary N) is 1. The van der Waals surface area contributed by atoms with Crippen molar-refractivity contribution >= 4 is 11.9 Å². The van der Waals surface area contributed by atoms with Crippen molar-refractivity contribution in [1.29, 1.82) is 0 Å². The second-order valence-electron chi connectivity index (χ2n) is 4.19. The van der Waals surface area contributed by atoms with Gasteiger partial charge in [-0.3, -0.25) is 10.2 Å². The molecule has 0 spiro atoms. The topological polar surface area (TPSA) is 102 Å². The van der Waals surface area contributed by atoms with Gasteiger partial charge in [-0.15, -0.1) is 0 Å². The number of aromatic nitrogens is 4. The molecule has 0 saturated carbocycles. The lowest BCUT2D eigenvalue weighted by Gasteiger charge is -2.08. The van der Waals surface area contributed by atoms with Crippen molar-refractivity contribution < 1.29 is 4.79 Å². The average molecular weight is 261 g/mol. The summed E-state index contributed by atoms with van der Waals surface area (Å²) in [7, 11) is 3.35. The van der Waals surface area contributed by atoms with E-state index in [-0.39, 0.29) is 11.9 Å². The molecule has 0 aromatic carbocycles. The molecule has 0 atom stereocenters. The molecule has 0 aliphatic carbocycles. The first-order valence-corrected chi connectivity index (χ1v) is 5.61. The number of amides is 1. The van der Waals surface area contributed by atoms with Crippen LogP contribution in [0.25, 0.3) is 5.82 Å². The van der Waals surface area contributed by atoms with Crippen LogP contribution in [-0.2, 0) is 0 Å². The number of hydrogen-bond donors (Lipinski definition) is 2. The van der Waals surface area contributed by atoms with Gasteiger partial charge >= 0.3 is 0 Å². The van der Waals surface area contributed by atoms with Crippen molar-refractivity contribution in [3.05, 3.63) is 29.7 Å². The quantitative estimate of drug-likeness (QED) is 0.593. The number of nitrogen functional groups attached to an aromatic ring is 1. The number of carbonyl (C=O) groups excluding carboxylic acids is 1. The third-order valence-corrected chi connectivity index (χ3v) is 2.51. The van der Waals surface area contributed by atoms with Gasteiger partial charge in [-0.25, -0.2) is 15.5 Å². The smallest absolute Gasteiger partial charge is 0.273 e. The third kappa shape index (κ3) is 2.52. The second-order valence-corrected chi connectivity index (χ2v) is 4.19. The van der Waals surface area contributed by atoms with Gasteiger partial charge in [-0.2, -0.15) is 10.1 Å². The third-order valence-electron chi connectivity index (χ3n) is 2.51. The Labute approximate surface area is 110 Å². The van der Waals surface area contributed by atoms with Gasteiger partial charge in [-0.05, 0) is 13.0 Å². The van der Waals surface area contributed by atoms with Crippen LogP contribution in [0.4, 0.5) is 5.95 Å². The highest BCUT2D eigenvalue weighted by atomic mass is 16.2. The van der Waals surface area contributed by atoms with E-state index in [1.807, 2.05) is 6.92 Å². The molecule has 3 N–H and O–H groups in total. The zero-order valence-electron chi connectivity index (χ0n) is 11.0. The summed E-state index contributed by atoms with van der Waals surface area (Å²) >= 11 is 0. The van der Waals surface area contributed by atoms with Gasteiger partial charge in [0.15, 0.2) is 11.5 Å². The van der Waals surface area contributed by atoms with Crippen molar-refractivity contribution in [2.75, 3.05) is 19.5 Å². The first kappa shape index (κ1) is 13.0. The lowest BCUT2D eigenvalue weighted by atomic mass is 10.3. The van der Waals surface area contributed by atoms with E-state index in [2.05, 4.69) is 20.5 Å². The first-order chi connectivity index (χ1) is 9.02. The Morgan fingerprint density at radius 2 is 2.21 bits per heavy atom. The Hall–Kier alpha value is -2.48. The van der Waals surface area contributed by atoms with E-state index in [0.717, 1.165) is 5.56 Å². The fraction of sp³-hybridized carbons (Fsp3) is 0.273. The predicted octanol–water partition coefficient (Wildman–Crippen LogP) is -0.0419. The molecule has 0 bridgehead atoms. The highest BCUT2D eigenvalue weighted by Crippen LogP contribution is 2.12. The first-order valence-electron chi connectivity index (χ1n) is 5.61. The van der Waals surface area contributed by atoms with Gasteiger partial charge in [0.25, 0.3) is 5.91 Å². The molecule has 8 nitrogen and oxygen atoms in total. The molecule has 2 rings (SSSR count). The minimum atomic E-state index is -0.164. The molecular formula is C11H15N7O. The maximum atomic E-state index is 11.8. The summed E-state index contributed by atoms with van der Waals surface area (Å²) in [6, 6.07) is 1.64. The van der Waals surface area contributed by atoms with Crippen molar-refractivity contribution in [3.8, 4) is 5.82 Å². The number of aryl methyl sites for hydroxylation is 1. The minimum Gasteiger partial charge on any atom is -0.343 e. The standard InChI is InChI=1S/C11H15N7O/c1-7-6-13-11(15-12)14-9(7)18-5-4-8(16-18)10(19)17(2)3/h4-6H,12H2,1-3H3,(H,13,14,15). The van der Waals surface area contributed by atoms with Gasteiger partial charge in [0, 0.05) is 32.1 Å². The highest BCUT2D eigenvalue weighted by Gasteiger charge is 2.13. The highest BCUT2D eigenvalue weighted by molar-refractivity contribution is 5.91. The van der Waals surface area contributed by atoms with Crippen LogP contribution in [0, 0.1) is 6.92 Å². The van der Waals surface area contributed by atoms with Crippen LogP contribution in [-0.4, -0.2) is 44.7 Å². The number of rotatable bonds is 3. The molecule has 2 aromatic heterocycles. The Bertz CT molecular complexity index is 605. The van der Waals surface area contributed by atoms with Gasteiger partial charge < -0.3 is 4.90 Å². The van der Waals surface area contributed by atoms with Gasteiger partial charge in [0.05, 0.1) is 0 Å². The molecule has 0 fully saturated rings. The summed E-state index contributed by atoms with van der Waals surface area (Å²) in [5.41, 5.74) is 3.55. The number of anilines is 1. The maximum Gasteiger partial charge on any atom is 0.273 e. The molecule has 2 heterocycles. The molecule has 2 aromatic rings. The van der Waals surface area contributed by atoms with Gasteiger partial charge in [0.2, 0.25) is 5.95 Å². The van der Waals surface area contributed by atoms with Crippen LogP contribution in [0.5, 0.6) is 0 Å². The van der Waals surface area contributed by atoms with E-state index in [0.29, 0.717) is 11.5 Å². The van der Waals surface area contributed by atoms with Crippen LogP contribution in [0.2, 0.25) is 0 Å². The van der Waals surface area contributed by atoms with Crippen LogP contribution in [0.1, 0.15) is 16.1 Å². The molecule has 1 amide bonds. The molecule has 100 valence electrons. The lowest BCUT2D eigenvalue weighted by Crippen LogP contribution is -2.22. The fourth-order valence-corrected chi connectivity index (χ4v) is 1.52. The lowest BCUT2D eigenvalue weighted by molar-refractivity contribution is 0.0821. The molecule has 0 saturated heterocycles. The van der Waals surface area contributed by atoms with Crippen LogP contribution >= 0.6 is 0 Å². The molecule has 8 heteroatoms. The van der Waals surface area contributed by atoms with Gasteiger partial charge in [0.1, 0.15) is 0 Å². The Balaban J connectivity index is 2.40. The predicted molar refractivity (Wildman–Crippen MR) is 69.7 cm³/mol. The number of nitrogens with one attached hydrogen (secondary N) is 1. The summed E-state index contributed by atoms with van der Waals surface area (Å²) in [6.45, 7) is 1.85. The largest absolute Gasteiger partial charge is 0.343 e. The second kappa shape index (κ2) is 5.02. The van der Waals surface area contributed by atoms with Crippen molar-refractivity contribution in [2.45, 2.75) is 6.92 Å². The number of hydrazine groups is 1. The summed E-state index contributed by atoms with van der Waals surface area (Å²) < 4.78 is 1.52. The molecular weight excluding hydrogens is 246 g/mol. The average Bonchev–Trinajstić information content (AvgIpc) is 2.87. The molecule has 0 radical (unpaired) electrons. The van der Waals surface area contributed by atoms with E-state index < -0.39 is 0 Å². The Morgan fingerprint density at radius 1 is 1.47 bits per heavy atom. The zero-order valence-corrected chi connectivity index (χ0v) is 11.0. The normalized spacial score (nSPS) is 10.3. The minimum absolute atomic E-state index is 0.164. The van der Waals surface area contributed by atoms with Crippen molar-refractivity contribution in [1.82, 2.24) is 24.6 Å². The maximum absolute atomic E-state index is 11.8. The Morgan fingerprint density at radius 3 is 2.84 bits per heavy atom. The molecule has 0 aliphatic heterocycles. The zero-order chi connectivity index (χ0) is 14.0. The summed E-state index contributed by atoms with van der Waals surface area (Å²) in [6.07, 6.45) is 3.30. The van der Waals surface area contributed by atoms with E-state index in [9.17, 15) is 4.79 Å². The van der Waals surface area contributed by atoms with Crippen molar-refractivity contribution in [3.63, 3.8) is 0 Å². The summed E-state index contributed by atoms with van der Waals surface area (Å²) in [5.74, 6) is 5.97. The van der Waals surface area contributed by atoms with E-state index in [1.54, 1.807) is 32.6 Å². The van der Waals surface area contributed by atoms with Crippen LogP contribution in [0.15, 0.2) is 18.5 Å².